The summed E-state index contributed by atoms with van der Waals surface area (Å²) in [6.07, 6.45) is 7.82. The van der Waals surface area contributed by atoms with Crippen LogP contribution in [0.15, 0.2) is 78.8 Å². The summed E-state index contributed by atoms with van der Waals surface area (Å²) >= 11 is 0. The average molecular weight is 775 g/mol. The van der Waals surface area contributed by atoms with Crippen LogP contribution in [0.2, 0.25) is 0 Å². The Hall–Kier alpha value is -5.15. The number of ether oxygens (including phenoxy) is 2. The largest absolute Gasteiger partial charge is 0.488 e. The lowest BCUT2D eigenvalue weighted by molar-refractivity contribution is 0.147. The Labute approximate surface area is 323 Å². The third kappa shape index (κ3) is 11.4. The first-order chi connectivity index (χ1) is 26.0. The fourth-order valence-corrected chi connectivity index (χ4v) is 6.97. The summed E-state index contributed by atoms with van der Waals surface area (Å²) in [6, 6.07) is 17.7. The minimum absolute atomic E-state index is 0.147. The molecule has 1 saturated heterocycles. The van der Waals surface area contributed by atoms with Crippen LogP contribution in [0, 0.1) is 21.6 Å². The first-order valence-electron chi connectivity index (χ1n) is 18.6. The first kappa shape index (κ1) is 41.0. The number of nitrogens with zero attached hydrogens (tertiary/aromatic N) is 2. The molecule has 1 aliphatic carbocycles. The van der Waals surface area contributed by atoms with Crippen LogP contribution in [0.4, 0.5) is 10.5 Å². The van der Waals surface area contributed by atoms with Crippen molar-refractivity contribution in [3.63, 3.8) is 0 Å². The van der Waals surface area contributed by atoms with E-state index in [1.807, 2.05) is 49.9 Å². The van der Waals surface area contributed by atoms with Crippen molar-refractivity contribution in [3.05, 3.63) is 95.4 Å². The van der Waals surface area contributed by atoms with Crippen molar-refractivity contribution >= 4 is 33.5 Å². The molecule has 0 radical (unpaired) electrons. The third-order valence-corrected chi connectivity index (χ3v) is 10.1. The van der Waals surface area contributed by atoms with E-state index < -0.39 is 27.7 Å². The van der Waals surface area contributed by atoms with Crippen molar-refractivity contribution in [1.82, 2.24) is 20.1 Å². The number of aromatic nitrogens is 1. The number of rotatable bonds is 12. The summed E-state index contributed by atoms with van der Waals surface area (Å²) in [6.45, 7) is 10.2. The fourth-order valence-electron chi connectivity index (χ4n) is 6.53. The van der Waals surface area contributed by atoms with Gasteiger partial charge < -0.3 is 30.4 Å². The van der Waals surface area contributed by atoms with E-state index in [0.29, 0.717) is 30.0 Å². The Morgan fingerprint density at radius 3 is 2.45 bits per heavy atom. The number of piperidine rings is 1. The lowest BCUT2D eigenvalue weighted by Gasteiger charge is -2.36. The van der Waals surface area contributed by atoms with E-state index in [9.17, 15) is 13.2 Å². The van der Waals surface area contributed by atoms with Crippen molar-refractivity contribution in [3.8, 4) is 11.5 Å². The molecule has 0 unspecified atom stereocenters. The molecule has 0 saturated carbocycles. The van der Waals surface area contributed by atoms with Gasteiger partial charge in [0.15, 0.2) is 0 Å². The van der Waals surface area contributed by atoms with E-state index in [1.165, 1.54) is 0 Å². The van der Waals surface area contributed by atoms with Gasteiger partial charge in [-0.15, -0.1) is 0 Å². The quantitative estimate of drug-likeness (QED) is 0.0669. The predicted octanol–water partition coefficient (Wildman–Crippen LogP) is 6.64. The smallest absolute Gasteiger partial charge is 0.320 e. The maximum absolute atomic E-state index is 13.6. The molecule has 4 atom stereocenters. The van der Waals surface area contributed by atoms with E-state index in [2.05, 4.69) is 22.9 Å². The molecule has 1 aliphatic heterocycles. The first-order valence-corrected chi connectivity index (χ1v) is 20.4. The van der Waals surface area contributed by atoms with Gasteiger partial charge in [-0.2, -0.15) is 8.42 Å². The van der Waals surface area contributed by atoms with Crippen LogP contribution in [-0.2, 0) is 14.3 Å². The number of nitrogens with one attached hydrogen (secondary N) is 6. The second kappa shape index (κ2) is 17.5. The number of likely N-dealkylation sites (tertiary alicyclic amines) is 1. The minimum Gasteiger partial charge on any atom is -0.488 e. The Kier molecular flexibility index (Phi) is 13.1. The number of amides is 2. The second-order valence-electron chi connectivity index (χ2n) is 15.2. The molecule has 0 spiro atoms. The van der Waals surface area contributed by atoms with E-state index in [-0.39, 0.29) is 47.8 Å². The highest BCUT2D eigenvalue weighted by Crippen LogP contribution is 2.38. The van der Waals surface area contributed by atoms with Gasteiger partial charge in [0.1, 0.15) is 41.6 Å². The second-order valence-corrected chi connectivity index (χ2v) is 16.9. The molecular weight excluding hydrogens is 721 g/mol. The summed E-state index contributed by atoms with van der Waals surface area (Å²) in [4.78, 5) is 15.7. The number of benzene rings is 2. The Bertz CT molecular complexity index is 2080. The standard InChI is InChI=1S/C40H54N8O6S/c1-26-12-9-10-21-47(26)38(43)48-24-30(17-20-36(48)42)54-34-19-18-33(31-15-7-8-16-32(31)34)45-39(49)46-37(23-35(41)40(3,4)5)44-28-13-11-14-29(22-28)53-27(2)25-52-55(6,50)51/h7-8,11,13-17,20,22-24,26-27,33-34,41-44H,9-10,12,18-19,21,25H2,1-6H3,(H2,45,46,49)/b37-23+,41-35?,42-36?,43-38?/t26-,27+,33-,34+/m0/s1. The molecule has 3 aromatic rings. The lowest BCUT2D eigenvalue weighted by Crippen LogP contribution is -2.47. The summed E-state index contributed by atoms with van der Waals surface area (Å²) in [5.74, 6) is 1.57. The average Bonchev–Trinajstić information content (AvgIpc) is 3.12. The Morgan fingerprint density at radius 2 is 1.75 bits per heavy atom. The molecule has 2 aliphatic rings. The summed E-state index contributed by atoms with van der Waals surface area (Å²) in [5.41, 5.74) is 2.45. The minimum atomic E-state index is -3.61. The highest BCUT2D eigenvalue weighted by atomic mass is 32.2. The molecule has 0 bridgehead atoms. The van der Waals surface area contributed by atoms with Gasteiger partial charge >= 0.3 is 6.03 Å². The number of carbonyl (C=O) groups is 1. The summed E-state index contributed by atoms with van der Waals surface area (Å²) in [7, 11) is -3.61. The molecular formula is C40H54N8O6S. The molecule has 6 N–H and O–H groups in total. The van der Waals surface area contributed by atoms with Gasteiger partial charge in [0.2, 0.25) is 5.96 Å². The third-order valence-electron chi connectivity index (χ3n) is 9.56. The van der Waals surface area contributed by atoms with E-state index in [0.717, 1.165) is 43.2 Å². The number of urea groups is 1. The van der Waals surface area contributed by atoms with Gasteiger partial charge in [-0.3, -0.25) is 24.9 Å². The van der Waals surface area contributed by atoms with Crippen LogP contribution in [-0.4, -0.2) is 67.1 Å². The normalized spacial score (nSPS) is 19.4. The summed E-state index contributed by atoms with van der Waals surface area (Å²) in [5, 5.41) is 35.3. The van der Waals surface area contributed by atoms with Crippen LogP contribution in [0.5, 0.6) is 11.5 Å². The van der Waals surface area contributed by atoms with Crippen molar-refractivity contribution in [2.75, 3.05) is 24.7 Å². The van der Waals surface area contributed by atoms with Crippen molar-refractivity contribution in [2.45, 2.75) is 91.0 Å². The molecule has 5 rings (SSSR count). The van der Waals surface area contributed by atoms with Crippen LogP contribution >= 0.6 is 0 Å². The zero-order valence-corrected chi connectivity index (χ0v) is 33.3. The molecule has 296 valence electrons. The monoisotopic (exact) mass is 774 g/mol. The molecule has 2 heterocycles. The van der Waals surface area contributed by atoms with E-state index >= 15 is 0 Å². The van der Waals surface area contributed by atoms with Gasteiger partial charge in [-0.1, -0.05) is 51.1 Å². The number of hydrogen-bond donors (Lipinski definition) is 6. The zero-order valence-electron chi connectivity index (χ0n) is 32.4. The van der Waals surface area contributed by atoms with Gasteiger partial charge in [0.25, 0.3) is 10.1 Å². The molecule has 14 nitrogen and oxygen atoms in total. The molecule has 55 heavy (non-hydrogen) atoms. The van der Waals surface area contributed by atoms with Gasteiger partial charge in [0, 0.05) is 41.5 Å². The maximum atomic E-state index is 13.6. The van der Waals surface area contributed by atoms with Crippen LogP contribution < -0.4 is 30.9 Å². The number of allylic oxidation sites excluding steroid dienone is 1. The van der Waals surface area contributed by atoms with Gasteiger partial charge in [-0.05, 0) is 81.3 Å². The Morgan fingerprint density at radius 1 is 1.00 bits per heavy atom. The fraction of sp³-hybridized carbons (Fsp3) is 0.450. The van der Waals surface area contributed by atoms with Crippen LogP contribution in [0.3, 0.4) is 0 Å². The zero-order chi connectivity index (χ0) is 39.9. The maximum Gasteiger partial charge on any atom is 0.320 e. The molecule has 1 aromatic heterocycles. The van der Waals surface area contributed by atoms with Gasteiger partial charge in [0.05, 0.1) is 18.5 Å². The molecule has 2 amide bonds. The highest BCUT2D eigenvalue weighted by Gasteiger charge is 2.30. The lowest BCUT2D eigenvalue weighted by atomic mass is 9.85. The van der Waals surface area contributed by atoms with Gasteiger partial charge in [-0.25, -0.2) is 4.79 Å². The molecule has 1 fully saturated rings. The van der Waals surface area contributed by atoms with Crippen LogP contribution in [0.25, 0.3) is 0 Å². The number of hydrogen-bond acceptors (Lipinski definition) is 10. The van der Waals surface area contributed by atoms with E-state index in [1.54, 1.807) is 60.2 Å². The number of carbonyl (C=O) groups excluding carboxylic acids is 1. The SMILES string of the molecule is C[C@H](COS(C)(=O)=O)Oc1cccc(N/C(=C\C(=N)C(C)(C)C)NC(=O)N[C@H]2CC[C@@H](Oc3ccc(=N)n(C(=N)N4CCCC[C@@H]4C)c3)c3ccccc32)c1. The molecule has 2 aromatic carbocycles. The van der Waals surface area contributed by atoms with Crippen molar-refractivity contribution in [2.24, 2.45) is 5.41 Å². The number of anilines is 1. The topological polar surface area (TPSA) is 195 Å². The molecule has 15 heteroatoms. The summed E-state index contributed by atoms with van der Waals surface area (Å²) < 4.78 is 41.6. The Balaban J connectivity index is 1.28. The van der Waals surface area contributed by atoms with Crippen molar-refractivity contribution in [1.29, 1.82) is 16.2 Å². The van der Waals surface area contributed by atoms with Crippen LogP contribution in [0.1, 0.15) is 90.0 Å². The number of pyridine rings is 1. The van der Waals surface area contributed by atoms with E-state index in [4.69, 9.17) is 29.9 Å². The highest BCUT2D eigenvalue weighted by molar-refractivity contribution is 7.85. The van der Waals surface area contributed by atoms with Crippen molar-refractivity contribution < 1.29 is 26.9 Å². The number of fused-ring (bicyclic) bond motifs is 1. The predicted molar refractivity (Wildman–Crippen MR) is 213 cm³/mol.